The van der Waals surface area contributed by atoms with Gasteiger partial charge in [0, 0.05) is 53.0 Å². The lowest BCUT2D eigenvalue weighted by Crippen LogP contribution is -2.39. The molecule has 4 rings (SSSR count). The van der Waals surface area contributed by atoms with Crippen LogP contribution in [0.4, 0.5) is 21.3 Å². The molecule has 0 saturated carbocycles. The van der Waals surface area contributed by atoms with Crippen LogP contribution in [0.3, 0.4) is 0 Å². The van der Waals surface area contributed by atoms with E-state index in [1.807, 2.05) is 30.3 Å². The number of fused-ring (bicyclic) bond motifs is 1. The molecule has 0 aliphatic carbocycles. The Balaban J connectivity index is 1.63. The summed E-state index contributed by atoms with van der Waals surface area (Å²) in [4.78, 5) is 22.6. The molecular weight excluding hydrogens is 352 g/mol. The third-order valence-corrected chi connectivity index (χ3v) is 4.73. The van der Waals surface area contributed by atoms with Crippen molar-refractivity contribution in [3.63, 3.8) is 0 Å². The molecule has 0 unspecified atom stereocenters. The molecule has 9 heteroatoms. The van der Waals surface area contributed by atoms with Crippen LogP contribution in [0.2, 0.25) is 0 Å². The van der Waals surface area contributed by atoms with Crippen molar-refractivity contribution in [1.29, 1.82) is 0 Å². The highest BCUT2D eigenvalue weighted by Gasteiger charge is 2.28. The van der Waals surface area contributed by atoms with E-state index >= 15 is 0 Å². The zero-order chi connectivity index (χ0) is 17.9. The third-order valence-electron chi connectivity index (χ3n) is 3.99. The highest BCUT2D eigenvalue weighted by atomic mass is 32.1. The zero-order valence-corrected chi connectivity index (χ0v) is 14.5. The quantitative estimate of drug-likeness (QED) is 0.639. The van der Waals surface area contributed by atoms with E-state index in [9.17, 15) is 4.79 Å². The van der Waals surface area contributed by atoms with Gasteiger partial charge in [0.25, 0.3) is 0 Å². The molecular formula is C17H16N6O2S. The number of carbonyl (C=O) groups excluding carboxylic acids is 1. The molecule has 3 heterocycles. The Morgan fingerprint density at radius 3 is 2.92 bits per heavy atom. The van der Waals surface area contributed by atoms with Gasteiger partial charge in [-0.1, -0.05) is 6.07 Å². The van der Waals surface area contributed by atoms with Gasteiger partial charge in [-0.15, -0.1) is 0 Å². The van der Waals surface area contributed by atoms with Crippen molar-refractivity contribution in [2.45, 2.75) is 6.54 Å². The van der Waals surface area contributed by atoms with Crippen LogP contribution >= 0.6 is 11.5 Å². The fourth-order valence-electron chi connectivity index (χ4n) is 2.74. The van der Waals surface area contributed by atoms with E-state index in [-0.39, 0.29) is 12.6 Å². The topological polar surface area (TPSA) is 103 Å². The molecule has 0 fully saturated rings. The number of nitrogens with zero attached hydrogens (tertiary/aromatic N) is 4. The molecule has 0 spiro atoms. The number of hydrogen-bond acceptors (Lipinski definition) is 7. The number of aliphatic hydroxyl groups excluding tert-OH is 1. The van der Waals surface area contributed by atoms with Crippen molar-refractivity contribution >= 4 is 34.1 Å². The predicted molar refractivity (Wildman–Crippen MR) is 100 cm³/mol. The van der Waals surface area contributed by atoms with Crippen molar-refractivity contribution in [2.75, 3.05) is 28.7 Å². The lowest BCUT2D eigenvalue weighted by atomic mass is 10.1. The summed E-state index contributed by atoms with van der Waals surface area (Å²) in [5, 5.41) is 15.6. The number of amides is 2. The molecule has 1 aromatic carbocycles. The molecule has 8 nitrogen and oxygen atoms in total. The summed E-state index contributed by atoms with van der Waals surface area (Å²) in [6, 6.07) is 9.06. The first kappa shape index (κ1) is 16.4. The monoisotopic (exact) mass is 368 g/mol. The second kappa shape index (κ2) is 7.06. The van der Waals surface area contributed by atoms with Gasteiger partial charge in [0.2, 0.25) is 5.13 Å². The van der Waals surface area contributed by atoms with Gasteiger partial charge in [-0.3, -0.25) is 9.88 Å². The fourth-order valence-corrected chi connectivity index (χ4v) is 3.43. The predicted octanol–water partition coefficient (Wildman–Crippen LogP) is 2.56. The van der Waals surface area contributed by atoms with E-state index in [2.05, 4.69) is 25.0 Å². The number of hydrogen-bond donors (Lipinski definition) is 3. The number of benzene rings is 1. The number of pyridine rings is 1. The third kappa shape index (κ3) is 3.09. The van der Waals surface area contributed by atoms with Gasteiger partial charge in [-0.2, -0.15) is 9.36 Å². The van der Waals surface area contributed by atoms with Crippen LogP contribution in [0, 0.1) is 0 Å². The first-order valence-corrected chi connectivity index (χ1v) is 8.83. The van der Waals surface area contributed by atoms with Crippen LogP contribution in [0.15, 0.2) is 42.7 Å². The lowest BCUT2D eigenvalue weighted by molar-refractivity contribution is 0.256. The van der Waals surface area contributed by atoms with E-state index in [0.29, 0.717) is 24.0 Å². The minimum atomic E-state index is -0.241. The van der Waals surface area contributed by atoms with E-state index in [4.69, 9.17) is 5.11 Å². The standard InChI is InChI=1S/C17H16N6O2S/c24-9-8-19-13-2-1-3-14-12(13)10-23(16(25)20-14)17-21-15(22-26-17)11-4-6-18-7-5-11/h1-7,19,24H,8-10H2,(H,20,25). The highest BCUT2D eigenvalue weighted by Crippen LogP contribution is 2.33. The Morgan fingerprint density at radius 2 is 2.12 bits per heavy atom. The molecule has 3 aromatic rings. The van der Waals surface area contributed by atoms with Crippen LogP contribution < -0.4 is 15.5 Å². The Hall–Kier alpha value is -3.04. The Kier molecular flexibility index (Phi) is 4.46. The number of carbonyl (C=O) groups is 1. The molecule has 2 amide bonds. The zero-order valence-electron chi connectivity index (χ0n) is 13.7. The fraction of sp³-hybridized carbons (Fsp3) is 0.176. The second-order valence-corrected chi connectivity index (χ2v) is 6.37. The maximum absolute atomic E-state index is 12.5. The summed E-state index contributed by atoms with van der Waals surface area (Å²) in [6.07, 6.45) is 3.36. The molecule has 1 aliphatic heterocycles. The number of aromatic nitrogens is 3. The molecule has 26 heavy (non-hydrogen) atoms. The largest absolute Gasteiger partial charge is 0.395 e. The minimum absolute atomic E-state index is 0.0332. The van der Waals surface area contributed by atoms with Crippen molar-refractivity contribution in [1.82, 2.24) is 14.3 Å². The number of nitrogens with one attached hydrogen (secondary N) is 2. The Bertz CT molecular complexity index is 930. The maximum atomic E-state index is 12.5. The highest BCUT2D eigenvalue weighted by molar-refractivity contribution is 7.10. The van der Waals surface area contributed by atoms with Crippen LogP contribution in [0.5, 0.6) is 0 Å². The molecule has 0 radical (unpaired) electrons. The summed E-state index contributed by atoms with van der Waals surface area (Å²) in [5.41, 5.74) is 3.43. The molecule has 0 saturated heterocycles. The van der Waals surface area contributed by atoms with E-state index in [0.717, 1.165) is 22.5 Å². The first-order chi connectivity index (χ1) is 12.8. The normalized spacial score (nSPS) is 13.3. The van der Waals surface area contributed by atoms with Crippen molar-refractivity contribution in [3.05, 3.63) is 48.3 Å². The molecule has 1 aliphatic rings. The molecule has 0 bridgehead atoms. The number of rotatable bonds is 5. The summed E-state index contributed by atoms with van der Waals surface area (Å²) in [6.45, 7) is 0.849. The number of urea groups is 1. The van der Waals surface area contributed by atoms with Gasteiger partial charge in [-0.25, -0.2) is 4.79 Å². The van der Waals surface area contributed by atoms with Crippen LogP contribution in [0.1, 0.15) is 5.56 Å². The number of aliphatic hydroxyl groups is 1. The summed E-state index contributed by atoms with van der Waals surface area (Å²) < 4.78 is 4.36. The van der Waals surface area contributed by atoms with Gasteiger partial charge in [0.15, 0.2) is 5.82 Å². The average Bonchev–Trinajstić information content (AvgIpc) is 3.16. The van der Waals surface area contributed by atoms with Gasteiger partial charge < -0.3 is 15.7 Å². The summed E-state index contributed by atoms with van der Waals surface area (Å²) in [7, 11) is 0. The van der Waals surface area contributed by atoms with Crippen molar-refractivity contribution in [3.8, 4) is 11.4 Å². The molecule has 132 valence electrons. The summed E-state index contributed by atoms with van der Waals surface area (Å²) in [5.74, 6) is 0.567. The number of anilines is 3. The van der Waals surface area contributed by atoms with Crippen LogP contribution in [0.25, 0.3) is 11.4 Å². The van der Waals surface area contributed by atoms with Gasteiger partial charge in [-0.05, 0) is 24.3 Å². The first-order valence-electron chi connectivity index (χ1n) is 8.05. The Labute approximate surface area is 153 Å². The van der Waals surface area contributed by atoms with E-state index in [1.165, 1.54) is 11.5 Å². The van der Waals surface area contributed by atoms with Crippen LogP contribution in [-0.4, -0.2) is 38.6 Å². The SMILES string of the molecule is O=C1Nc2cccc(NCCO)c2CN1c1nc(-c2ccncc2)ns1. The van der Waals surface area contributed by atoms with Gasteiger partial charge in [0.05, 0.1) is 13.2 Å². The van der Waals surface area contributed by atoms with E-state index in [1.54, 1.807) is 17.3 Å². The van der Waals surface area contributed by atoms with E-state index < -0.39 is 0 Å². The van der Waals surface area contributed by atoms with Crippen LogP contribution in [-0.2, 0) is 6.54 Å². The smallest absolute Gasteiger partial charge is 0.328 e. The minimum Gasteiger partial charge on any atom is -0.395 e. The molecule has 3 N–H and O–H groups in total. The van der Waals surface area contributed by atoms with Crippen molar-refractivity contribution < 1.29 is 9.90 Å². The van der Waals surface area contributed by atoms with Crippen molar-refractivity contribution in [2.24, 2.45) is 0 Å². The average molecular weight is 368 g/mol. The maximum Gasteiger partial charge on any atom is 0.328 e. The summed E-state index contributed by atoms with van der Waals surface area (Å²) >= 11 is 1.18. The van der Waals surface area contributed by atoms with Gasteiger partial charge in [0.1, 0.15) is 0 Å². The molecule has 2 aromatic heterocycles. The molecule has 0 atom stereocenters. The second-order valence-electron chi connectivity index (χ2n) is 5.63. The van der Waals surface area contributed by atoms with Gasteiger partial charge >= 0.3 is 6.03 Å². The lowest BCUT2D eigenvalue weighted by Gasteiger charge is -2.28. The Morgan fingerprint density at radius 1 is 1.27 bits per heavy atom.